The maximum atomic E-state index is 10.9. The molecule has 0 bridgehead atoms. The van der Waals surface area contributed by atoms with Crippen LogP contribution in [-0.4, -0.2) is 27.5 Å². The zero-order valence-electron chi connectivity index (χ0n) is 7.02. The Hall–Kier alpha value is -0.910. The highest BCUT2D eigenvalue weighted by molar-refractivity contribution is 8.15. The highest BCUT2D eigenvalue weighted by Crippen LogP contribution is 2.25. The normalized spacial score (nSPS) is 23.1. The second kappa shape index (κ2) is 3.22. The van der Waals surface area contributed by atoms with E-state index in [2.05, 4.69) is 5.10 Å². The third-order valence-corrected chi connectivity index (χ3v) is 2.45. The van der Waals surface area contributed by atoms with Crippen LogP contribution in [0.1, 0.15) is 13.8 Å². The number of hydrogen-bond acceptors (Lipinski definition) is 5. The van der Waals surface area contributed by atoms with Crippen LogP contribution in [0.15, 0.2) is 5.10 Å². The monoisotopic (exact) mass is 188 g/mol. The van der Waals surface area contributed by atoms with Crippen molar-refractivity contribution in [3.8, 4) is 0 Å². The van der Waals surface area contributed by atoms with E-state index in [1.807, 2.05) is 13.8 Å². The minimum atomic E-state index is -0.440. The lowest BCUT2D eigenvalue weighted by atomic mass is 10.4. The Morgan fingerprint density at radius 1 is 1.75 bits per heavy atom. The molecule has 0 fully saturated rings. The van der Waals surface area contributed by atoms with Crippen molar-refractivity contribution in [1.29, 1.82) is 0 Å². The van der Waals surface area contributed by atoms with Crippen LogP contribution in [0.3, 0.4) is 0 Å². The molecule has 1 unspecified atom stereocenters. The summed E-state index contributed by atoms with van der Waals surface area (Å²) in [5, 5.41) is 5.55. The lowest BCUT2D eigenvalue weighted by Gasteiger charge is -2.23. The molecule has 68 valence electrons. The zero-order chi connectivity index (χ0) is 9.30. The molecule has 1 rings (SSSR count). The van der Waals surface area contributed by atoms with Crippen LogP contribution in [0.2, 0.25) is 0 Å². The first kappa shape index (κ1) is 9.18. The first-order chi connectivity index (χ1) is 5.52. The smallest absolute Gasteiger partial charge is 0.252 e. The molecule has 1 amide bonds. The molecular formula is C6H12N4OS. The Morgan fingerprint density at radius 2 is 2.33 bits per heavy atom. The molecule has 0 spiro atoms. The predicted molar refractivity (Wildman–Crippen MR) is 49.2 cm³/mol. The summed E-state index contributed by atoms with van der Waals surface area (Å²) in [4.78, 5) is 10.9. The number of amides is 1. The molecule has 1 aliphatic rings. The largest absolute Gasteiger partial charge is 0.377 e. The van der Waals surface area contributed by atoms with E-state index in [4.69, 9.17) is 11.5 Å². The fraction of sp³-hybridized carbons (Fsp3) is 0.667. The van der Waals surface area contributed by atoms with Gasteiger partial charge in [-0.05, 0) is 13.8 Å². The topological polar surface area (TPSA) is 84.7 Å². The van der Waals surface area contributed by atoms with Crippen molar-refractivity contribution >= 4 is 22.8 Å². The fourth-order valence-electron chi connectivity index (χ4n) is 0.933. The van der Waals surface area contributed by atoms with Crippen molar-refractivity contribution in [2.24, 2.45) is 16.6 Å². The maximum absolute atomic E-state index is 10.9. The molecule has 1 heterocycles. The van der Waals surface area contributed by atoms with Gasteiger partial charge in [-0.3, -0.25) is 9.80 Å². The number of primary amides is 1. The summed E-state index contributed by atoms with van der Waals surface area (Å²) in [6.45, 7) is 3.86. The number of thioether (sulfide) groups is 1. The molecule has 0 radical (unpaired) electrons. The van der Waals surface area contributed by atoms with E-state index in [9.17, 15) is 4.79 Å². The number of hydrogen-bond donors (Lipinski definition) is 2. The van der Waals surface area contributed by atoms with Gasteiger partial charge >= 0.3 is 0 Å². The average Bonchev–Trinajstić information content (AvgIpc) is 2.31. The van der Waals surface area contributed by atoms with Gasteiger partial charge in [-0.1, -0.05) is 11.8 Å². The van der Waals surface area contributed by atoms with Crippen LogP contribution in [0.25, 0.3) is 0 Å². The summed E-state index contributed by atoms with van der Waals surface area (Å²) in [7, 11) is 0. The first-order valence-corrected chi connectivity index (χ1v) is 4.48. The summed E-state index contributed by atoms with van der Waals surface area (Å²) in [5.74, 6) is -0.405. The second-order valence-electron chi connectivity index (χ2n) is 2.78. The van der Waals surface area contributed by atoms with Crippen molar-refractivity contribution in [3.63, 3.8) is 0 Å². The number of carbonyl (C=O) groups excluding carboxylic acids is 1. The van der Waals surface area contributed by atoms with Gasteiger partial charge in [0.05, 0.1) is 0 Å². The van der Waals surface area contributed by atoms with Crippen molar-refractivity contribution in [1.82, 2.24) is 5.01 Å². The molecule has 1 atom stereocenters. The van der Waals surface area contributed by atoms with E-state index >= 15 is 0 Å². The van der Waals surface area contributed by atoms with Gasteiger partial charge < -0.3 is 11.5 Å². The van der Waals surface area contributed by atoms with Crippen LogP contribution in [-0.2, 0) is 4.79 Å². The first-order valence-electron chi connectivity index (χ1n) is 3.60. The van der Waals surface area contributed by atoms with Crippen molar-refractivity contribution in [3.05, 3.63) is 0 Å². The molecule has 5 nitrogen and oxygen atoms in total. The van der Waals surface area contributed by atoms with Crippen molar-refractivity contribution in [2.75, 3.05) is 0 Å². The van der Waals surface area contributed by atoms with Crippen molar-refractivity contribution < 1.29 is 4.79 Å². The van der Waals surface area contributed by atoms with E-state index in [0.717, 1.165) is 0 Å². The molecule has 6 heteroatoms. The Labute approximate surface area is 75.1 Å². The van der Waals surface area contributed by atoms with Crippen LogP contribution >= 0.6 is 11.8 Å². The molecule has 12 heavy (non-hydrogen) atoms. The Kier molecular flexibility index (Phi) is 2.46. The number of nitrogens with zero attached hydrogens (tertiary/aromatic N) is 2. The number of carbonyl (C=O) groups is 1. The predicted octanol–water partition coefficient (Wildman–Crippen LogP) is -0.515. The number of nitrogens with two attached hydrogens (primary N) is 2. The molecule has 0 aliphatic carbocycles. The Balaban J connectivity index is 2.74. The molecule has 0 aromatic rings. The van der Waals surface area contributed by atoms with E-state index in [1.54, 1.807) is 5.01 Å². The van der Waals surface area contributed by atoms with Gasteiger partial charge in [-0.15, -0.1) is 0 Å². The fourth-order valence-corrected chi connectivity index (χ4v) is 1.82. The standard InChI is InChI=1S/C6H12N4OS/c1-3(2)10-5(4(7)11)12-6(8)9-10/h3,5H,1-2H3,(H2,7,11)(H2,8,9). The molecule has 0 saturated carbocycles. The van der Waals surface area contributed by atoms with Crippen LogP contribution in [0.5, 0.6) is 0 Å². The molecule has 0 aromatic carbocycles. The third kappa shape index (κ3) is 1.63. The van der Waals surface area contributed by atoms with Gasteiger partial charge in [0.1, 0.15) is 0 Å². The van der Waals surface area contributed by atoms with Crippen molar-refractivity contribution in [2.45, 2.75) is 25.3 Å². The van der Waals surface area contributed by atoms with E-state index in [-0.39, 0.29) is 6.04 Å². The highest BCUT2D eigenvalue weighted by Gasteiger charge is 2.32. The van der Waals surface area contributed by atoms with Crippen LogP contribution in [0.4, 0.5) is 0 Å². The molecule has 0 saturated heterocycles. The summed E-state index contributed by atoms with van der Waals surface area (Å²) < 4.78 is 0. The zero-order valence-corrected chi connectivity index (χ0v) is 7.84. The average molecular weight is 188 g/mol. The van der Waals surface area contributed by atoms with Gasteiger partial charge in [0.2, 0.25) is 0 Å². The van der Waals surface area contributed by atoms with Gasteiger partial charge in [-0.2, -0.15) is 5.10 Å². The van der Waals surface area contributed by atoms with Gasteiger partial charge in [-0.25, -0.2) is 0 Å². The molecular weight excluding hydrogens is 176 g/mol. The summed E-state index contributed by atoms with van der Waals surface area (Å²) in [6.07, 6.45) is 0. The van der Waals surface area contributed by atoms with Gasteiger partial charge in [0.25, 0.3) is 5.91 Å². The molecule has 0 aromatic heterocycles. The maximum Gasteiger partial charge on any atom is 0.252 e. The van der Waals surface area contributed by atoms with Crippen LogP contribution in [0, 0.1) is 0 Å². The number of rotatable bonds is 2. The molecule has 4 N–H and O–H groups in total. The summed E-state index contributed by atoms with van der Waals surface area (Å²) in [6, 6.07) is 0.135. The summed E-state index contributed by atoms with van der Waals surface area (Å²) >= 11 is 1.19. The lowest BCUT2D eigenvalue weighted by molar-refractivity contribution is -0.120. The minimum Gasteiger partial charge on any atom is -0.377 e. The van der Waals surface area contributed by atoms with E-state index in [0.29, 0.717) is 5.17 Å². The summed E-state index contributed by atoms with van der Waals surface area (Å²) in [5.41, 5.74) is 10.6. The molecule has 1 aliphatic heterocycles. The lowest BCUT2D eigenvalue weighted by Crippen LogP contribution is -2.40. The quantitative estimate of drug-likeness (QED) is 0.611. The number of amidine groups is 1. The second-order valence-corrected chi connectivity index (χ2v) is 3.89. The number of hydrazone groups is 1. The SMILES string of the molecule is CC(C)N1N=C(N)SC1C(N)=O. The van der Waals surface area contributed by atoms with E-state index < -0.39 is 11.3 Å². The Morgan fingerprint density at radius 3 is 2.67 bits per heavy atom. The van der Waals surface area contributed by atoms with Gasteiger partial charge in [0.15, 0.2) is 10.5 Å². The minimum absolute atomic E-state index is 0.135. The highest BCUT2D eigenvalue weighted by atomic mass is 32.2. The van der Waals surface area contributed by atoms with Crippen LogP contribution < -0.4 is 11.5 Å². The van der Waals surface area contributed by atoms with Gasteiger partial charge in [0, 0.05) is 6.04 Å². The van der Waals surface area contributed by atoms with E-state index in [1.165, 1.54) is 11.8 Å². The Bertz CT molecular complexity index is 228. The third-order valence-electron chi connectivity index (χ3n) is 1.46.